The number of likely N-dealkylation sites (N-methyl/N-ethyl adjacent to an activating group) is 1. The molecule has 0 heterocycles. The zero-order valence-corrected chi connectivity index (χ0v) is 20.2. The lowest BCUT2D eigenvalue weighted by atomic mass is 10.1. The van der Waals surface area contributed by atoms with Crippen molar-refractivity contribution in [1.29, 1.82) is 0 Å². The Balaban J connectivity index is 0.00000420. The first-order chi connectivity index (χ1) is 13.4. The van der Waals surface area contributed by atoms with Gasteiger partial charge in [0.05, 0.1) is 6.04 Å². The molecule has 0 saturated heterocycles. The van der Waals surface area contributed by atoms with Crippen molar-refractivity contribution in [3.8, 4) is 5.75 Å². The number of ether oxygens (including phenoxy) is 1. The summed E-state index contributed by atoms with van der Waals surface area (Å²) in [5.74, 6) is 1.32. The number of guanidine groups is 1. The highest BCUT2D eigenvalue weighted by molar-refractivity contribution is 14.0. The Kier molecular flexibility index (Phi) is 11.0. The predicted octanol–water partition coefficient (Wildman–Crippen LogP) is 4.12. The summed E-state index contributed by atoms with van der Waals surface area (Å²) in [6.07, 6.45) is 0. The number of hydrogen-bond acceptors (Lipinski definition) is 3. The maximum absolute atomic E-state index is 13.8. The van der Waals surface area contributed by atoms with Crippen LogP contribution in [0.3, 0.4) is 0 Å². The maximum atomic E-state index is 13.8. The summed E-state index contributed by atoms with van der Waals surface area (Å²) in [6.45, 7) is 5.81. The quantitative estimate of drug-likeness (QED) is 0.316. The third-order valence-electron chi connectivity index (χ3n) is 4.49. The van der Waals surface area contributed by atoms with E-state index < -0.39 is 0 Å². The highest BCUT2D eigenvalue weighted by atomic mass is 127. The van der Waals surface area contributed by atoms with E-state index >= 15 is 0 Å². The van der Waals surface area contributed by atoms with Crippen LogP contribution in [0, 0.1) is 12.7 Å². The van der Waals surface area contributed by atoms with Crippen LogP contribution < -0.4 is 15.4 Å². The van der Waals surface area contributed by atoms with E-state index in [9.17, 15) is 4.39 Å². The van der Waals surface area contributed by atoms with Crippen LogP contribution in [0.2, 0.25) is 0 Å². The Hall–Kier alpha value is -1.87. The zero-order valence-electron chi connectivity index (χ0n) is 17.8. The molecule has 0 aliphatic heterocycles. The van der Waals surface area contributed by atoms with Crippen molar-refractivity contribution in [3.63, 3.8) is 0 Å². The summed E-state index contributed by atoms with van der Waals surface area (Å²) in [4.78, 5) is 6.36. The van der Waals surface area contributed by atoms with E-state index in [1.165, 1.54) is 0 Å². The van der Waals surface area contributed by atoms with E-state index in [1.807, 2.05) is 51.4 Å². The largest absolute Gasteiger partial charge is 0.492 e. The van der Waals surface area contributed by atoms with Crippen molar-refractivity contribution in [3.05, 3.63) is 65.0 Å². The summed E-state index contributed by atoms with van der Waals surface area (Å²) in [7, 11) is 5.76. The fourth-order valence-electron chi connectivity index (χ4n) is 2.67. The molecule has 0 fully saturated rings. The van der Waals surface area contributed by atoms with Gasteiger partial charge in [0.1, 0.15) is 18.2 Å². The molecule has 0 aromatic heterocycles. The third-order valence-corrected chi connectivity index (χ3v) is 4.49. The lowest BCUT2D eigenvalue weighted by molar-refractivity contribution is 0.259. The molecule has 0 aliphatic rings. The van der Waals surface area contributed by atoms with Crippen molar-refractivity contribution < 1.29 is 9.13 Å². The molecule has 2 N–H and O–H groups in total. The van der Waals surface area contributed by atoms with Gasteiger partial charge < -0.3 is 20.3 Å². The van der Waals surface area contributed by atoms with E-state index in [2.05, 4.69) is 20.5 Å². The Bertz CT molecular complexity index is 798. The van der Waals surface area contributed by atoms with Gasteiger partial charge in [0, 0.05) is 25.7 Å². The molecule has 7 heteroatoms. The van der Waals surface area contributed by atoms with E-state index in [1.54, 1.807) is 26.1 Å². The van der Waals surface area contributed by atoms with Crippen LogP contribution in [0.15, 0.2) is 47.5 Å². The average Bonchev–Trinajstić information content (AvgIpc) is 2.67. The predicted molar refractivity (Wildman–Crippen MR) is 129 cm³/mol. The Labute approximate surface area is 190 Å². The van der Waals surface area contributed by atoms with Gasteiger partial charge in [-0.05, 0) is 51.2 Å². The first kappa shape index (κ1) is 25.2. The molecule has 2 aromatic rings. The molecule has 1 unspecified atom stereocenters. The van der Waals surface area contributed by atoms with Gasteiger partial charge in [0.25, 0.3) is 0 Å². The van der Waals surface area contributed by atoms with Crippen molar-refractivity contribution in [2.75, 3.05) is 34.3 Å². The number of nitrogens with zero attached hydrogens (tertiary/aromatic N) is 2. The van der Waals surface area contributed by atoms with Gasteiger partial charge in [-0.15, -0.1) is 24.0 Å². The van der Waals surface area contributed by atoms with Crippen LogP contribution in [-0.2, 0) is 6.54 Å². The molecule has 0 saturated carbocycles. The minimum Gasteiger partial charge on any atom is -0.492 e. The van der Waals surface area contributed by atoms with Gasteiger partial charge in [-0.25, -0.2) is 4.39 Å². The fraction of sp³-hybridized carbons (Fsp3) is 0.409. The topological polar surface area (TPSA) is 48.9 Å². The molecule has 160 valence electrons. The second kappa shape index (κ2) is 12.6. The summed E-state index contributed by atoms with van der Waals surface area (Å²) in [5, 5.41) is 6.61. The first-order valence-electron chi connectivity index (χ1n) is 9.49. The minimum absolute atomic E-state index is 0. The average molecular weight is 514 g/mol. The smallest absolute Gasteiger partial charge is 0.191 e. The van der Waals surface area contributed by atoms with Crippen LogP contribution in [-0.4, -0.2) is 45.2 Å². The van der Waals surface area contributed by atoms with Gasteiger partial charge in [0.15, 0.2) is 5.96 Å². The molecule has 0 bridgehead atoms. The van der Waals surface area contributed by atoms with Crippen LogP contribution >= 0.6 is 24.0 Å². The van der Waals surface area contributed by atoms with Gasteiger partial charge in [-0.2, -0.15) is 0 Å². The first-order valence-corrected chi connectivity index (χ1v) is 9.49. The standard InChI is InChI=1S/C22H31FN4O.HI/c1-16-10-11-18(14-20(16)23)17(2)26-22(24-3)25-15-19-8-6-7-9-21(19)28-13-12-27(4)5;/h6-11,14,17H,12-13,15H2,1-5H3,(H2,24,25,26);1H. The number of para-hydroxylation sites is 1. The van der Waals surface area contributed by atoms with Crippen molar-refractivity contribution >= 4 is 29.9 Å². The second-order valence-electron chi connectivity index (χ2n) is 7.06. The SMILES string of the molecule is CN=C(NCc1ccccc1OCCN(C)C)NC(C)c1ccc(C)c(F)c1.I. The maximum Gasteiger partial charge on any atom is 0.191 e. The van der Waals surface area contributed by atoms with Crippen LogP contribution in [0.25, 0.3) is 0 Å². The number of aryl methyl sites for hydroxylation is 1. The molecular weight excluding hydrogens is 482 g/mol. The summed E-state index contributed by atoms with van der Waals surface area (Å²) in [5.41, 5.74) is 2.57. The number of aliphatic imine (C=N–C) groups is 1. The highest BCUT2D eigenvalue weighted by Gasteiger charge is 2.11. The summed E-state index contributed by atoms with van der Waals surface area (Å²) >= 11 is 0. The number of benzene rings is 2. The van der Waals surface area contributed by atoms with Gasteiger partial charge >= 0.3 is 0 Å². The molecule has 0 aliphatic carbocycles. The minimum atomic E-state index is -0.196. The molecule has 5 nitrogen and oxygen atoms in total. The van der Waals surface area contributed by atoms with Crippen molar-refractivity contribution in [2.24, 2.45) is 4.99 Å². The van der Waals surface area contributed by atoms with E-state index in [0.29, 0.717) is 24.7 Å². The Morgan fingerprint density at radius 3 is 2.59 bits per heavy atom. The number of rotatable bonds is 8. The lowest BCUT2D eigenvalue weighted by Crippen LogP contribution is -2.38. The van der Waals surface area contributed by atoms with E-state index in [4.69, 9.17) is 4.74 Å². The van der Waals surface area contributed by atoms with Gasteiger partial charge in [-0.1, -0.05) is 30.3 Å². The van der Waals surface area contributed by atoms with E-state index in [0.717, 1.165) is 23.4 Å². The zero-order chi connectivity index (χ0) is 20.5. The van der Waals surface area contributed by atoms with E-state index in [-0.39, 0.29) is 35.8 Å². The van der Waals surface area contributed by atoms with Crippen LogP contribution in [0.4, 0.5) is 4.39 Å². The molecule has 2 aromatic carbocycles. The Morgan fingerprint density at radius 2 is 1.93 bits per heavy atom. The molecule has 29 heavy (non-hydrogen) atoms. The normalized spacial score (nSPS) is 12.3. The van der Waals surface area contributed by atoms with Crippen molar-refractivity contribution in [1.82, 2.24) is 15.5 Å². The third kappa shape index (κ3) is 8.18. The van der Waals surface area contributed by atoms with Crippen LogP contribution in [0.5, 0.6) is 5.75 Å². The van der Waals surface area contributed by atoms with Crippen molar-refractivity contribution in [2.45, 2.75) is 26.4 Å². The molecular formula is C22H32FIN4O. The molecule has 1 atom stereocenters. The van der Waals surface area contributed by atoms with Gasteiger partial charge in [-0.3, -0.25) is 4.99 Å². The number of nitrogens with one attached hydrogen (secondary N) is 2. The second-order valence-corrected chi connectivity index (χ2v) is 7.06. The van der Waals surface area contributed by atoms with Crippen LogP contribution in [0.1, 0.15) is 29.7 Å². The van der Waals surface area contributed by atoms with Gasteiger partial charge in [0.2, 0.25) is 0 Å². The number of halogens is 2. The summed E-state index contributed by atoms with van der Waals surface area (Å²) in [6, 6.07) is 13.2. The lowest BCUT2D eigenvalue weighted by Gasteiger charge is -2.19. The number of hydrogen-bond donors (Lipinski definition) is 2. The fourth-order valence-corrected chi connectivity index (χ4v) is 2.67. The monoisotopic (exact) mass is 514 g/mol. The molecule has 0 radical (unpaired) electrons. The molecule has 2 rings (SSSR count). The molecule has 0 spiro atoms. The highest BCUT2D eigenvalue weighted by Crippen LogP contribution is 2.18. The summed E-state index contributed by atoms with van der Waals surface area (Å²) < 4.78 is 19.7. The molecule has 0 amide bonds. The Morgan fingerprint density at radius 1 is 1.21 bits per heavy atom.